The third-order valence-electron chi connectivity index (χ3n) is 2.83. The van der Waals surface area contributed by atoms with Gasteiger partial charge in [0, 0.05) is 25.2 Å². The predicted octanol–water partition coefficient (Wildman–Crippen LogP) is 4.05. The van der Waals surface area contributed by atoms with Gasteiger partial charge < -0.3 is 4.90 Å². The van der Waals surface area contributed by atoms with Gasteiger partial charge in [-0.2, -0.15) is 11.8 Å². The first-order valence-electron chi connectivity index (χ1n) is 5.52. The van der Waals surface area contributed by atoms with Crippen LogP contribution in [0, 0.1) is 0 Å². The summed E-state index contributed by atoms with van der Waals surface area (Å²) in [6.07, 6.45) is 4.93. The lowest BCUT2D eigenvalue weighted by molar-refractivity contribution is 0.662. The Labute approximate surface area is 118 Å². The molecule has 1 unspecified atom stereocenters. The van der Waals surface area contributed by atoms with E-state index in [2.05, 4.69) is 30.1 Å². The number of halogens is 2. The van der Waals surface area contributed by atoms with E-state index < -0.39 is 0 Å². The molecule has 1 heterocycles. The Balaban J connectivity index is 2.77. The van der Waals surface area contributed by atoms with Crippen molar-refractivity contribution < 1.29 is 0 Å². The zero-order valence-electron chi connectivity index (χ0n) is 10.4. The van der Waals surface area contributed by atoms with Crippen molar-refractivity contribution in [3.63, 3.8) is 0 Å². The molecule has 0 aliphatic rings. The molecule has 1 atom stereocenters. The van der Waals surface area contributed by atoms with Gasteiger partial charge in [0.15, 0.2) is 0 Å². The first-order chi connectivity index (χ1) is 8.10. The summed E-state index contributed by atoms with van der Waals surface area (Å²) in [5.74, 6) is 2.50. The molecule has 0 aliphatic heterocycles. The minimum absolute atomic E-state index is 0.418. The van der Waals surface area contributed by atoms with Crippen molar-refractivity contribution in [2.24, 2.45) is 0 Å². The molecule has 0 saturated carbocycles. The van der Waals surface area contributed by atoms with Crippen LogP contribution in [0.25, 0.3) is 0 Å². The summed E-state index contributed by atoms with van der Waals surface area (Å²) < 4.78 is 0. The summed E-state index contributed by atoms with van der Waals surface area (Å²) in [6, 6.07) is 2.42. The van der Waals surface area contributed by atoms with Gasteiger partial charge in [0.1, 0.15) is 5.82 Å². The Hall–Kier alpha value is -0.120. The van der Waals surface area contributed by atoms with Crippen molar-refractivity contribution in [3.8, 4) is 0 Å². The minimum Gasteiger partial charge on any atom is -0.357 e. The summed E-state index contributed by atoms with van der Waals surface area (Å²) in [5, 5.41) is 0.633. The quantitative estimate of drug-likeness (QED) is 0.736. The first-order valence-corrected chi connectivity index (χ1v) is 7.83. The fourth-order valence-corrected chi connectivity index (χ4v) is 2.51. The van der Waals surface area contributed by atoms with Gasteiger partial charge in [0.05, 0.1) is 5.02 Å². The molecular formula is C12H18Cl2N2S. The summed E-state index contributed by atoms with van der Waals surface area (Å²) in [4.78, 5) is 6.51. The standard InChI is InChI=1S/C12H18Cl2N2S/c1-9(4-5-17-3)16(2)12-6-10(7-13)11(14)8-15-12/h6,8-9H,4-5,7H2,1-3H3. The number of hydrogen-bond donors (Lipinski definition) is 0. The highest BCUT2D eigenvalue weighted by atomic mass is 35.5. The van der Waals surface area contributed by atoms with Crippen LogP contribution in [-0.4, -0.2) is 30.1 Å². The van der Waals surface area contributed by atoms with Gasteiger partial charge in [-0.3, -0.25) is 0 Å². The molecule has 1 aromatic heterocycles. The highest BCUT2D eigenvalue weighted by molar-refractivity contribution is 7.98. The van der Waals surface area contributed by atoms with Crippen LogP contribution in [0.5, 0.6) is 0 Å². The van der Waals surface area contributed by atoms with Crippen molar-refractivity contribution >= 4 is 40.8 Å². The van der Waals surface area contributed by atoms with Crippen molar-refractivity contribution in [2.45, 2.75) is 25.3 Å². The molecule has 2 nitrogen and oxygen atoms in total. The zero-order chi connectivity index (χ0) is 12.8. The van der Waals surface area contributed by atoms with Crippen molar-refractivity contribution in [1.29, 1.82) is 0 Å². The molecule has 1 rings (SSSR count). The fourth-order valence-electron chi connectivity index (χ4n) is 1.47. The van der Waals surface area contributed by atoms with Crippen LogP contribution < -0.4 is 4.90 Å². The van der Waals surface area contributed by atoms with E-state index in [1.807, 2.05) is 17.8 Å². The summed E-state index contributed by atoms with van der Waals surface area (Å²) in [6.45, 7) is 2.20. The molecule has 0 N–H and O–H groups in total. The van der Waals surface area contributed by atoms with Gasteiger partial charge >= 0.3 is 0 Å². The fraction of sp³-hybridized carbons (Fsp3) is 0.583. The molecule has 0 aliphatic carbocycles. The second-order valence-electron chi connectivity index (χ2n) is 4.01. The molecule has 1 aromatic rings. The zero-order valence-corrected chi connectivity index (χ0v) is 12.7. The smallest absolute Gasteiger partial charge is 0.128 e. The van der Waals surface area contributed by atoms with Gasteiger partial charge in [-0.15, -0.1) is 11.6 Å². The van der Waals surface area contributed by atoms with Crippen LogP contribution in [0.15, 0.2) is 12.3 Å². The van der Waals surface area contributed by atoms with Crippen LogP contribution in [-0.2, 0) is 5.88 Å². The highest BCUT2D eigenvalue weighted by Crippen LogP contribution is 2.23. The number of nitrogens with zero attached hydrogens (tertiary/aromatic N) is 2. The summed E-state index contributed by atoms with van der Waals surface area (Å²) >= 11 is 13.7. The number of anilines is 1. The Morgan fingerprint density at radius 1 is 1.53 bits per heavy atom. The molecule has 0 aromatic carbocycles. The predicted molar refractivity (Wildman–Crippen MR) is 79.7 cm³/mol. The topological polar surface area (TPSA) is 16.1 Å². The molecule has 0 bridgehead atoms. The number of thioether (sulfide) groups is 1. The van der Waals surface area contributed by atoms with Gasteiger partial charge in [-0.1, -0.05) is 11.6 Å². The van der Waals surface area contributed by atoms with Crippen LogP contribution in [0.3, 0.4) is 0 Å². The molecule has 0 amide bonds. The SMILES string of the molecule is CSCCC(C)N(C)c1cc(CCl)c(Cl)cn1. The van der Waals surface area contributed by atoms with Crippen molar-refractivity contribution in [3.05, 3.63) is 22.8 Å². The highest BCUT2D eigenvalue weighted by Gasteiger charge is 2.12. The minimum atomic E-state index is 0.418. The number of aromatic nitrogens is 1. The summed E-state index contributed by atoms with van der Waals surface area (Å²) in [7, 11) is 2.05. The number of pyridine rings is 1. The largest absolute Gasteiger partial charge is 0.357 e. The Kier molecular flexibility index (Phi) is 6.45. The van der Waals surface area contributed by atoms with E-state index in [-0.39, 0.29) is 0 Å². The van der Waals surface area contributed by atoms with E-state index in [1.165, 1.54) is 0 Å². The molecule has 0 spiro atoms. The lowest BCUT2D eigenvalue weighted by Gasteiger charge is -2.26. The van der Waals surface area contributed by atoms with Crippen molar-refractivity contribution in [2.75, 3.05) is 24.0 Å². The number of rotatable bonds is 6. The van der Waals surface area contributed by atoms with Gasteiger partial charge in [-0.25, -0.2) is 4.98 Å². The van der Waals surface area contributed by atoms with Gasteiger partial charge in [-0.05, 0) is 37.0 Å². The van der Waals surface area contributed by atoms with Gasteiger partial charge in [0.2, 0.25) is 0 Å². The maximum absolute atomic E-state index is 6.00. The van der Waals surface area contributed by atoms with Crippen LogP contribution in [0.2, 0.25) is 5.02 Å². The lowest BCUT2D eigenvalue weighted by Crippen LogP contribution is -2.30. The second kappa shape index (κ2) is 7.34. The third-order valence-corrected chi connectivity index (χ3v) is 4.10. The number of alkyl halides is 1. The molecule has 0 fully saturated rings. The normalized spacial score (nSPS) is 12.5. The summed E-state index contributed by atoms with van der Waals surface area (Å²) in [5.41, 5.74) is 0.933. The van der Waals surface area contributed by atoms with E-state index in [1.54, 1.807) is 6.20 Å². The van der Waals surface area contributed by atoms with E-state index in [4.69, 9.17) is 23.2 Å². The first kappa shape index (κ1) is 14.9. The number of hydrogen-bond acceptors (Lipinski definition) is 3. The maximum Gasteiger partial charge on any atom is 0.128 e. The molecule has 5 heteroatoms. The average molecular weight is 293 g/mol. The Morgan fingerprint density at radius 3 is 2.82 bits per heavy atom. The van der Waals surface area contributed by atoms with Crippen LogP contribution >= 0.6 is 35.0 Å². The molecule has 17 heavy (non-hydrogen) atoms. The maximum atomic E-state index is 6.00. The second-order valence-corrected chi connectivity index (χ2v) is 5.67. The average Bonchev–Trinajstić information content (AvgIpc) is 2.35. The molecular weight excluding hydrogens is 275 g/mol. The lowest BCUT2D eigenvalue weighted by atomic mass is 10.2. The molecule has 96 valence electrons. The van der Waals surface area contributed by atoms with Gasteiger partial charge in [0.25, 0.3) is 0 Å². The Bertz CT molecular complexity index is 360. The van der Waals surface area contributed by atoms with Crippen LogP contribution in [0.4, 0.5) is 5.82 Å². The Morgan fingerprint density at radius 2 is 2.24 bits per heavy atom. The van der Waals surface area contributed by atoms with E-state index in [0.717, 1.165) is 23.6 Å². The van der Waals surface area contributed by atoms with E-state index in [9.17, 15) is 0 Å². The third kappa shape index (κ3) is 4.23. The van der Waals surface area contributed by atoms with E-state index >= 15 is 0 Å². The van der Waals surface area contributed by atoms with Crippen LogP contribution in [0.1, 0.15) is 18.9 Å². The van der Waals surface area contributed by atoms with E-state index in [0.29, 0.717) is 16.9 Å². The monoisotopic (exact) mass is 292 g/mol. The molecule has 0 radical (unpaired) electrons. The van der Waals surface area contributed by atoms with Crippen molar-refractivity contribution in [1.82, 2.24) is 4.98 Å². The molecule has 0 saturated heterocycles.